The van der Waals surface area contributed by atoms with Crippen LogP contribution in [0.1, 0.15) is 22.2 Å². The van der Waals surface area contributed by atoms with E-state index in [4.69, 9.17) is 9.47 Å². The van der Waals surface area contributed by atoms with Gasteiger partial charge >= 0.3 is 5.97 Å². The molecular weight excluding hydrogens is 330 g/mol. The van der Waals surface area contributed by atoms with E-state index in [1.165, 1.54) is 18.3 Å². The Morgan fingerprint density at radius 2 is 2.00 bits per heavy atom. The second-order valence-corrected chi connectivity index (χ2v) is 5.94. The summed E-state index contributed by atoms with van der Waals surface area (Å²) in [5.74, 6) is -0.576. The molecule has 7 heteroatoms. The van der Waals surface area contributed by atoms with Gasteiger partial charge in [0.2, 0.25) is 0 Å². The molecule has 0 aliphatic heterocycles. The number of aldehydes is 1. The van der Waals surface area contributed by atoms with E-state index in [0.717, 1.165) is 4.88 Å². The molecule has 126 valence electrons. The number of amides is 1. The Morgan fingerprint density at radius 3 is 2.62 bits per heavy atom. The highest BCUT2D eigenvalue weighted by Gasteiger charge is 2.18. The first-order chi connectivity index (χ1) is 11.6. The lowest BCUT2D eigenvalue weighted by molar-refractivity contribution is -0.156. The lowest BCUT2D eigenvalue weighted by Crippen LogP contribution is -2.36. The number of esters is 1. The van der Waals surface area contributed by atoms with Gasteiger partial charge in [-0.15, -0.1) is 11.3 Å². The van der Waals surface area contributed by atoms with Crippen LogP contribution in [0.5, 0.6) is 5.75 Å². The average molecular weight is 347 g/mol. The molecular formula is C17H17NO5S. The average Bonchev–Trinajstić information content (AvgIpc) is 3.11. The molecule has 1 aromatic carbocycles. The van der Waals surface area contributed by atoms with Crippen LogP contribution in [0.15, 0.2) is 41.8 Å². The lowest BCUT2D eigenvalue weighted by Gasteiger charge is -2.13. The molecule has 0 saturated carbocycles. The molecule has 2 aromatic rings. The second-order valence-electron chi connectivity index (χ2n) is 4.90. The summed E-state index contributed by atoms with van der Waals surface area (Å²) in [5, 5.41) is 4.62. The van der Waals surface area contributed by atoms with E-state index in [-0.39, 0.29) is 12.5 Å². The Balaban J connectivity index is 1.71. The summed E-state index contributed by atoms with van der Waals surface area (Å²) in [4.78, 5) is 35.1. The number of hydrogen-bond acceptors (Lipinski definition) is 6. The molecule has 1 heterocycles. The zero-order valence-electron chi connectivity index (χ0n) is 13.1. The van der Waals surface area contributed by atoms with E-state index in [1.807, 2.05) is 17.5 Å². The smallest absolute Gasteiger partial charge is 0.344 e. The first-order valence-corrected chi connectivity index (χ1v) is 8.14. The minimum absolute atomic E-state index is 0.316. The van der Waals surface area contributed by atoms with Crippen LogP contribution in [0.4, 0.5) is 0 Å². The summed E-state index contributed by atoms with van der Waals surface area (Å²) < 4.78 is 10.3. The molecule has 2 rings (SSSR count). The van der Waals surface area contributed by atoms with Crippen LogP contribution in [-0.4, -0.2) is 30.9 Å². The van der Waals surface area contributed by atoms with Crippen molar-refractivity contribution in [3.8, 4) is 5.75 Å². The van der Waals surface area contributed by atoms with Crippen molar-refractivity contribution in [2.75, 3.05) is 6.61 Å². The van der Waals surface area contributed by atoms with Crippen molar-refractivity contribution in [1.82, 2.24) is 5.32 Å². The number of benzene rings is 1. The molecule has 0 fully saturated rings. The summed E-state index contributed by atoms with van der Waals surface area (Å²) in [7, 11) is 0. The van der Waals surface area contributed by atoms with E-state index < -0.39 is 12.1 Å². The minimum Gasteiger partial charge on any atom is -0.482 e. The predicted molar refractivity (Wildman–Crippen MR) is 89.0 cm³/mol. The minimum atomic E-state index is -0.904. The normalized spacial score (nSPS) is 11.4. The molecule has 0 spiro atoms. The Hall–Kier alpha value is -2.67. The van der Waals surface area contributed by atoms with Gasteiger partial charge in [-0.2, -0.15) is 0 Å². The first kappa shape index (κ1) is 17.7. The van der Waals surface area contributed by atoms with E-state index >= 15 is 0 Å². The molecule has 1 aromatic heterocycles. The fourth-order valence-corrected chi connectivity index (χ4v) is 2.45. The molecule has 1 amide bonds. The van der Waals surface area contributed by atoms with Crippen LogP contribution in [0, 0.1) is 0 Å². The van der Waals surface area contributed by atoms with Gasteiger partial charge in [0.1, 0.15) is 12.0 Å². The molecule has 0 aliphatic rings. The number of ether oxygens (including phenoxy) is 2. The Labute approximate surface area is 143 Å². The topological polar surface area (TPSA) is 81.7 Å². The standard InChI is InChI=1S/C17H17NO5S/c1-12(17(21)18-9-15-3-2-8-24-15)23-16(20)11-22-14-6-4-13(10-19)5-7-14/h2-8,10,12H,9,11H2,1H3,(H,18,21)/t12-/m0/s1. The number of carbonyl (C=O) groups is 3. The third kappa shape index (κ3) is 5.51. The van der Waals surface area contributed by atoms with Crippen LogP contribution in [0.2, 0.25) is 0 Å². The molecule has 6 nitrogen and oxygen atoms in total. The molecule has 0 radical (unpaired) electrons. The van der Waals surface area contributed by atoms with Crippen LogP contribution in [0.3, 0.4) is 0 Å². The van der Waals surface area contributed by atoms with Crippen LogP contribution in [0.25, 0.3) is 0 Å². The van der Waals surface area contributed by atoms with Gasteiger partial charge in [0, 0.05) is 10.4 Å². The summed E-state index contributed by atoms with van der Waals surface area (Å²) >= 11 is 1.53. The van der Waals surface area contributed by atoms with Gasteiger partial charge in [-0.05, 0) is 42.6 Å². The van der Waals surface area contributed by atoms with Crippen LogP contribution < -0.4 is 10.1 Å². The lowest BCUT2D eigenvalue weighted by atomic mass is 10.2. The second kappa shape index (κ2) is 8.83. The Kier molecular flexibility index (Phi) is 6.51. The molecule has 0 aliphatic carbocycles. The first-order valence-electron chi connectivity index (χ1n) is 7.26. The largest absolute Gasteiger partial charge is 0.482 e. The molecule has 0 saturated heterocycles. The van der Waals surface area contributed by atoms with Gasteiger partial charge in [0.05, 0.1) is 6.54 Å². The van der Waals surface area contributed by atoms with Crippen molar-refractivity contribution in [3.63, 3.8) is 0 Å². The van der Waals surface area contributed by atoms with E-state index in [1.54, 1.807) is 24.3 Å². The summed E-state index contributed by atoms with van der Waals surface area (Å²) in [6.45, 7) is 1.58. The Bertz CT molecular complexity index is 682. The quantitative estimate of drug-likeness (QED) is 0.585. The maximum absolute atomic E-state index is 11.9. The number of carbonyl (C=O) groups excluding carboxylic acids is 3. The molecule has 1 atom stereocenters. The van der Waals surface area contributed by atoms with Crippen molar-refractivity contribution in [1.29, 1.82) is 0 Å². The predicted octanol–water partition coefficient (Wildman–Crippen LogP) is 2.19. The molecule has 24 heavy (non-hydrogen) atoms. The van der Waals surface area contributed by atoms with Gasteiger partial charge in [0.25, 0.3) is 5.91 Å². The highest BCUT2D eigenvalue weighted by molar-refractivity contribution is 7.09. The third-order valence-electron chi connectivity index (χ3n) is 3.07. The Morgan fingerprint density at radius 1 is 1.25 bits per heavy atom. The van der Waals surface area contributed by atoms with Crippen LogP contribution >= 0.6 is 11.3 Å². The monoisotopic (exact) mass is 347 g/mol. The zero-order valence-corrected chi connectivity index (χ0v) is 13.9. The SMILES string of the molecule is C[C@H](OC(=O)COc1ccc(C=O)cc1)C(=O)NCc1cccs1. The maximum atomic E-state index is 11.9. The summed E-state index contributed by atoms with van der Waals surface area (Å²) in [5.41, 5.74) is 0.515. The van der Waals surface area contributed by atoms with Crippen molar-refractivity contribution in [2.24, 2.45) is 0 Å². The number of thiophene rings is 1. The molecule has 0 bridgehead atoms. The van der Waals surface area contributed by atoms with Crippen molar-refractivity contribution < 1.29 is 23.9 Å². The third-order valence-corrected chi connectivity index (χ3v) is 3.94. The molecule has 0 unspecified atom stereocenters. The van der Waals surface area contributed by atoms with E-state index in [0.29, 0.717) is 24.1 Å². The molecule has 1 N–H and O–H groups in total. The van der Waals surface area contributed by atoms with E-state index in [9.17, 15) is 14.4 Å². The van der Waals surface area contributed by atoms with E-state index in [2.05, 4.69) is 5.32 Å². The van der Waals surface area contributed by atoms with Gasteiger partial charge in [0.15, 0.2) is 12.7 Å². The summed E-state index contributed by atoms with van der Waals surface area (Å²) in [6, 6.07) is 10.1. The van der Waals surface area contributed by atoms with Crippen LogP contribution in [-0.2, 0) is 20.9 Å². The van der Waals surface area contributed by atoms with Crippen molar-refractivity contribution in [2.45, 2.75) is 19.6 Å². The van der Waals surface area contributed by atoms with Gasteiger partial charge in [-0.25, -0.2) is 4.79 Å². The fourth-order valence-electron chi connectivity index (χ4n) is 1.80. The maximum Gasteiger partial charge on any atom is 0.344 e. The number of nitrogens with one attached hydrogen (secondary N) is 1. The van der Waals surface area contributed by atoms with Gasteiger partial charge < -0.3 is 14.8 Å². The highest BCUT2D eigenvalue weighted by Crippen LogP contribution is 2.11. The van der Waals surface area contributed by atoms with Gasteiger partial charge in [-0.3, -0.25) is 9.59 Å². The highest BCUT2D eigenvalue weighted by atomic mass is 32.1. The fraction of sp³-hybridized carbons (Fsp3) is 0.235. The number of rotatable bonds is 8. The number of hydrogen-bond donors (Lipinski definition) is 1. The van der Waals surface area contributed by atoms with Crippen molar-refractivity contribution >= 4 is 29.5 Å². The summed E-state index contributed by atoms with van der Waals surface area (Å²) in [6.07, 6.45) is -0.187. The zero-order chi connectivity index (χ0) is 17.4. The van der Waals surface area contributed by atoms with Gasteiger partial charge in [-0.1, -0.05) is 6.07 Å². The van der Waals surface area contributed by atoms with Crippen molar-refractivity contribution in [3.05, 3.63) is 52.2 Å².